The SMILES string of the molecule is CNC(=O)c1c(NC(=O)c2ccc(S(=O)(=O)N(C)Cc3ccccc3)cc2)sc2c1CC[NH+](C)C2. The van der Waals surface area contributed by atoms with E-state index in [2.05, 4.69) is 17.7 Å². The third kappa shape index (κ3) is 5.30. The van der Waals surface area contributed by atoms with Gasteiger partial charge in [0.05, 0.1) is 28.9 Å². The average Bonchev–Trinajstić information content (AvgIpc) is 3.20. The van der Waals surface area contributed by atoms with Crippen LogP contribution in [0.2, 0.25) is 0 Å². The van der Waals surface area contributed by atoms with E-state index in [0.29, 0.717) is 16.1 Å². The number of quaternary nitrogens is 1. The molecule has 3 N–H and O–H groups in total. The van der Waals surface area contributed by atoms with Gasteiger partial charge in [-0.05, 0) is 35.4 Å². The first-order chi connectivity index (χ1) is 16.7. The molecule has 1 unspecified atom stereocenters. The van der Waals surface area contributed by atoms with E-state index in [4.69, 9.17) is 0 Å². The number of nitrogens with one attached hydrogen (secondary N) is 3. The summed E-state index contributed by atoms with van der Waals surface area (Å²) in [6.07, 6.45) is 0.777. The van der Waals surface area contributed by atoms with E-state index >= 15 is 0 Å². The van der Waals surface area contributed by atoms with Crippen LogP contribution in [-0.2, 0) is 29.5 Å². The number of fused-ring (bicyclic) bond motifs is 1. The van der Waals surface area contributed by atoms with Crippen molar-refractivity contribution >= 4 is 38.2 Å². The van der Waals surface area contributed by atoms with Gasteiger partial charge in [0.2, 0.25) is 10.0 Å². The minimum Gasteiger partial charge on any atom is -0.355 e. The number of hydrogen-bond acceptors (Lipinski definition) is 5. The van der Waals surface area contributed by atoms with Crippen molar-refractivity contribution in [2.24, 2.45) is 0 Å². The number of nitrogens with zero attached hydrogens (tertiary/aromatic N) is 1. The van der Waals surface area contributed by atoms with E-state index in [9.17, 15) is 18.0 Å². The summed E-state index contributed by atoms with van der Waals surface area (Å²) in [5.41, 5.74) is 2.72. The molecule has 2 heterocycles. The summed E-state index contributed by atoms with van der Waals surface area (Å²) in [6.45, 7) is 1.98. The van der Waals surface area contributed by atoms with Crippen molar-refractivity contribution in [1.29, 1.82) is 0 Å². The van der Waals surface area contributed by atoms with Crippen LogP contribution in [0.5, 0.6) is 0 Å². The van der Waals surface area contributed by atoms with E-state index in [0.717, 1.165) is 35.5 Å². The fourth-order valence-electron chi connectivity index (χ4n) is 4.13. The van der Waals surface area contributed by atoms with Gasteiger partial charge >= 0.3 is 0 Å². The van der Waals surface area contributed by atoms with Crippen LogP contribution in [0.25, 0.3) is 0 Å². The van der Waals surface area contributed by atoms with Crippen molar-refractivity contribution in [3.8, 4) is 0 Å². The second-order valence-electron chi connectivity index (χ2n) is 8.65. The van der Waals surface area contributed by atoms with E-state index in [-0.39, 0.29) is 17.3 Å². The smallest absolute Gasteiger partial charge is 0.256 e. The summed E-state index contributed by atoms with van der Waals surface area (Å²) >= 11 is 1.43. The number of rotatable bonds is 7. The van der Waals surface area contributed by atoms with Gasteiger partial charge in [0.15, 0.2) is 0 Å². The van der Waals surface area contributed by atoms with Gasteiger partial charge in [-0.3, -0.25) is 9.59 Å². The van der Waals surface area contributed by atoms with Crippen LogP contribution in [0.1, 0.15) is 36.7 Å². The molecule has 0 bridgehead atoms. The first-order valence-corrected chi connectivity index (χ1v) is 13.6. The lowest BCUT2D eigenvalue weighted by atomic mass is 10.0. The third-order valence-electron chi connectivity index (χ3n) is 6.11. The minimum absolute atomic E-state index is 0.108. The van der Waals surface area contributed by atoms with E-state index in [1.54, 1.807) is 7.05 Å². The first kappa shape index (κ1) is 25.1. The molecule has 2 amide bonds. The van der Waals surface area contributed by atoms with Crippen molar-refractivity contribution < 1.29 is 22.9 Å². The van der Waals surface area contributed by atoms with Crippen molar-refractivity contribution in [3.05, 3.63) is 81.7 Å². The standard InChI is InChI=1S/C25H28N4O4S2/c1-26-24(31)22-20-13-14-28(2)16-21(20)34-25(22)27-23(30)18-9-11-19(12-10-18)35(32,33)29(3)15-17-7-5-4-6-8-17/h4-12H,13-16H2,1-3H3,(H,26,31)(H,27,30)/p+1. The normalized spacial score (nSPS) is 15.5. The molecule has 0 saturated heterocycles. The Bertz CT molecular complexity index is 1340. The van der Waals surface area contributed by atoms with Crippen LogP contribution in [0, 0.1) is 0 Å². The average molecular weight is 514 g/mol. The van der Waals surface area contributed by atoms with Gasteiger partial charge in [-0.1, -0.05) is 30.3 Å². The highest BCUT2D eigenvalue weighted by molar-refractivity contribution is 7.89. The molecule has 1 aromatic heterocycles. The van der Waals surface area contributed by atoms with Gasteiger partial charge in [-0.2, -0.15) is 4.31 Å². The van der Waals surface area contributed by atoms with E-state index < -0.39 is 15.9 Å². The quantitative estimate of drug-likeness (QED) is 0.448. The molecule has 2 aromatic carbocycles. The van der Waals surface area contributed by atoms with Gasteiger partial charge in [-0.25, -0.2) is 8.42 Å². The molecular weight excluding hydrogens is 484 g/mol. The maximum absolute atomic E-state index is 13.0. The second-order valence-corrected chi connectivity index (χ2v) is 11.8. The highest BCUT2D eigenvalue weighted by Gasteiger charge is 2.29. The highest BCUT2D eigenvalue weighted by Crippen LogP contribution is 2.35. The zero-order valence-electron chi connectivity index (χ0n) is 19.9. The lowest BCUT2D eigenvalue weighted by Crippen LogP contribution is -3.08. The molecule has 4 rings (SSSR count). The van der Waals surface area contributed by atoms with Crippen LogP contribution in [-0.4, -0.2) is 52.2 Å². The predicted octanol–water partition coefficient (Wildman–Crippen LogP) is 1.75. The maximum atomic E-state index is 13.0. The van der Waals surface area contributed by atoms with Gasteiger partial charge in [0.25, 0.3) is 11.8 Å². The number of anilines is 1. The number of amides is 2. The Kier molecular flexibility index (Phi) is 7.36. The number of carbonyl (C=O) groups excluding carboxylic acids is 2. The predicted molar refractivity (Wildman–Crippen MR) is 136 cm³/mol. The van der Waals surface area contributed by atoms with Crippen LogP contribution in [0.4, 0.5) is 5.00 Å². The highest BCUT2D eigenvalue weighted by atomic mass is 32.2. The maximum Gasteiger partial charge on any atom is 0.256 e. The molecule has 10 heteroatoms. The molecule has 1 aliphatic rings. The monoisotopic (exact) mass is 513 g/mol. The van der Waals surface area contributed by atoms with Crippen LogP contribution in [0.15, 0.2) is 59.5 Å². The van der Waals surface area contributed by atoms with Crippen molar-refractivity contribution in [1.82, 2.24) is 9.62 Å². The first-order valence-electron chi connectivity index (χ1n) is 11.3. The Morgan fingerprint density at radius 1 is 1.06 bits per heavy atom. The van der Waals surface area contributed by atoms with Crippen LogP contribution < -0.4 is 15.5 Å². The van der Waals surface area contributed by atoms with Crippen molar-refractivity contribution in [2.75, 3.05) is 33.0 Å². The zero-order valence-corrected chi connectivity index (χ0v) is 21.6. The number of carbonyl (C=O) groups is 2. The summed E-state index contributed by atoms with van der Waals surface area (Å²) in [5, 5.41) is 6.07. The summed E-state index contributed by atoms with van der Waals surface area (Å²) in [7, 11) is 1.49. The summed E-state index contributed by atoms with van der Waals surface area (Å²) in [5.74, 6) is -0.615. The van der Waals surface area contributed by atoms with Gasteiger partial charge in [0.1, 0.15) is 11.5 Å². The molecule has 3 aromatic rings. The summed E-state index contributed by atoms with van der Waals surface area (Å²) in [4.78, 5) is 28.1. The molecule has 1 aliphatic heterocycles. The van der Waals surface area contributed by atoms with Crippen molar-refractivity contribution in [2.45, 2.75) is 24.4 Å². The number of hydrogen-bond donors (Lipinski definition) is 3. The minimum atomic E-state index is -3.72. The lowest BCUT2D eigenvalue weighted by Gasteiger charge is -2.19. The van der Waals surface area contributed by atoms with Crippen LogP contribution >= 0.6 is 11.3 Å². The lowest BCUT2D eigenvalue weighted by molar-refractivity contribution is -0.895. The number of likely N-dealkylation sites (N-methyl/N-ethyl adjacent to an activating group) is 1. The molecule has 184 valence electrons. The number of sulfonamides is 1. The Morgan fingerprint density at radius 3 is 2.40 bits per heavy atom. The fourth-order valence-corrected chi connectivity index (χ4v) is 6.65. The van der Waals surface area contributed by atoms with Gasteiger partial charge in [-0.15, -0.1) is 11.3 Å². The van der Waals surface area contributed by atoms with Gasteiger partial charge < -0.3 is 15.5 Å². The molecule has 0 fully saturated rings. The Balaban J connectivity index is 1.52. The molecule has 0 aliphatic carbocycles. The molecular formula is C25H29N4O4S2+. The Morgan fingerprint density at radius 2 is 1.74 bits per heavy atom. The fraction of sp³-hybridized carbons (Fsp3) is 0.280. The molecule has 0 spiro atoms. The third-order valence-corrected chi connectivity index (χ3v) is 9.07. The largest absolute Gasteiger partial charge is 0.355 e. The summed E-state index contributed by atoms with van der Waals surface area (Å²) in [6, 6.07) is 15.2. The van der Waals surface area contributed by atoms with Crippen LogP contribution in [0.3, 0.4) is 0 Å². The molecule has 0 radical (unpaired) electrons. The Labute approximate surface area is 209 Å². The molecule has 8 nitrogen and oxygen atoms in total. The molecule has 0 saturated carbocycles. The Hall–Kier alpha value is -3.05. The second kappa shape index (κ2) is 10.3. The van der Waals surface area contributed by atoms with E-state index in [1.165, 1.54) is 51.9 Å². The number of benzene rings is 2. The molecule has 1 atom stereocenters. The van der Waals surface area contributed by atoms with E-state index in [1.807, 2.05) is 30.3 Å². The van der Waals surface area contributed by atoms with Gasteiger partial charge in [0, 0.05) is 32.6 Å². The molecule has 35 heavy (non-hydrogen) atoms. The van der Waals surface area contributed by atoms with Crippen molar-refractivity contribution in [3.63, 3.8) is 0 Å². The topological polar surface area (TPSA) is 100 Å². The zero-order chi connectivity index (χ0) is 25.2. The summed E-state index contributed by atoms with van der Waals surface area (Å²) < 4.78 is 27.2. The number of thiophene rings is 1.